The third-order valence-corrected chi connectivity index (χ3v) is 7.28. The number of rotatable bonds is 7. The van der Waals surface area contributed by atoms with Crippen molar-refractivity contribution >= 4 is 28.3 Å². The number of carbonyl (C=O) groups is 2. The van der Waals surface area contributed by atoms with Crippen LogP contribution in [-0.2, 0) is 35.5 Å². The molecule has 5 rings (SSSR count). The number of ether oxygens (including phenoxy) is 1. The maximum atomic E-state index is 13.0. The monoisotopic (exact) mass is 496 g/mol. The molecule has 10 heteroatoms. The summed E-state index contributed by atoms with van der Waals surface area (Å²) in [6.07, 6.45) is 1.70. The number of furan rings is 1. The molecule has 0 bridgehead atoms. The average Bonchev–Trinajstić information content (AvgIpc) is 3.51. The number of morpholine rings is 1. The fourth-order valence-electron chi connectivity index (χ4n) is 4.44. The van der Waals surface area contributed by atoms with Crippen molar-refractivity contribution in [2.75, 3.05) is 25.0 Å². The Morgan fingerprint density at radius 3 is 2.86 bits per heavy atom. The van der Waals surface area contributed by atoms with Gasteiger partial charge in [-0.05, 0) is 30.5 Å². The summed E-state index contributed by atoms with van der Waals surface area (Å²) in [4.78, 5) is 33.2. The molecule has 2 unspecified atom stereocenters. The summed E-state index contributed by atoms with van der Waals surface area (Å²) in [6.45, 7) is 2.45. The molecule has 1 aliphatic carbocycles. The van der Waals surface area contributed by atoms with E-state index in [2.05, 4.69) is 32.7 Å². The highest BCUT2D eigenvalue weighted by Crippen LogP contribution is 2.30. The van der Waals surface area contributed by atoms with Gasteiger partial charge in [0.15, 0.2) is 10.9 Å². The number of hydrogen-bond donors (Lipinski definition) is 3. The van der Waals surface area contributed by atoms with E-state index in [1.54, 1.807) is 6.07 Å². The number of anilines is 1. The van der Waals surface area contributed by atoms with Crippen molar-refractivity contribution < 1.29 is 23.8 Å². The highest BCUT2D eigenvalue weighted by Gasteiger charge is 2.30. The van der Waals surface area contributed by atoms with Crippen LogP contribution in [0.1, 0.15) is 38.9 Å². The summed E-state index contributed by atoms with van der Waals surface area (Å²) in [7, 11) is 0. The lowest BCUT2D eigenvalue weighted by molar-refractivity contribution is -0.139. The van der Waals surface area contributed by atoms with E-state index < -0.39 is 12.0 Å². The van der Waals surface area contributed by atoms with Crippen molar-refractivity contribution in [1.82, 2.24) is 15.2 Å². The van der Waals surface area contributed by atoms with Crippen molar-refractivity contribution in [3.63, 3.8) is 0 Å². The number of hydrogen-bond acceptors (Lipinski definition) is 8. The van der Waals surface area contributed by atoms with Crippen LogP contribution in [0, 0.1) is 0 Å². The van der Waals surface area contributed by atoms with E-state index in [1.165, 1.54) is 23.0 Å². The molecule has 3 N–H and O–H groups in total. The summed E-state index contributed by atoms with van der Waals surface area (Å²) < 4.78 is 11.1. The van der Waals surface area contributed by atoms with Crippen LogP contribution >= 0.6 is 11.3 Å². The second kappa shape index (κ2) is 10.7. The van der Waals surface area contributed by atoms with Crippen molar-refractivity contribution in [1.29, 1.82) is 0 Å². The molecular formula is C25H28N4O5S. The molecule has 2 aromatic heterocycles. The summed E-state index contributed by atoms with van der Waals surface area (Å²) >= 11 is 1.41. The fraction of sp³-hybridized carbons (Fsp3) is 0.400. The van der Waals surface area contributed by atoms with Gasteiger partial charge in [-0.3, -0.25) is 19.8 Å². The second-order valence-electron chi connectivity index (χ2n) is 8.80. The van der Waals surface area contributed by atoms with Crippen molar-refractivity contribution in [2.45, 2.75) is 44.6 Å². The zero-order valence-corrected chi connectivity index (χ0v) is 20.1. The van der Waals surface area contributed by atoms with Crippen LogP contribution in [0.3, 0.4) is 0 Å². The zero-order valence-electron chi connectivity index (χ0n) is 19.2. The molecule has 184 valence electrons. The Bertz CT molecular complexity index is 1180. The summed E-state index contributed by atoms with van der Waals surface area (Å²) in [5.41, 5.74) is 2.18. The standard InChI is InChI=1S/C25H28N4O5S/c30-15-18-7-9-20(34-18)23(31)28-25-27-19-8-6-17(12-22(19)35-25)26-24(32)21-14-29(10-11-33-21)13-16-4-2-1-3-5-16/h1-5,7,9,17,21,30H,6,8,10-15H2,(H,26,32)(H,27,28,31). The third-order valence-electron chi connectivity index (χ3n) is 6.24. The molecule has 1 fully saturated rings. The molecule has 2 atom stereocenters. The Kier molecular flexibility index (Phi) is 7.24. The number of aromatic nitrogens is 1. The maximum absolute atomic E-state index is 13.0. The van der Waals surface area contributed by atoms with Crippen LogP contribution in [0.15, 0.2) is 46.9 Å². The molecule has 3 heterocycles. The van der Waals surface area contributed by atoms with E-state index in [9.17, 15) is 9.59 Å². The van der Waals surface area contributed by atoms with Gasteiger partial charge in [0.05, 0.1) is 12.3 Å². The van der Waals surface area contributed by atoms with Gasteiger partial charge in [0.25, 0.3) is 11.8 Å². The number of aliphatic hydroxyl groups excluding tert-OH is 1. The zero-order chi connectivity index (χ0) is 24.2. The van der Waals surface area contributed by atoms with E-state index in [1.807, 2.05) is 18.2 Å². The van der Waals surface area contributed by atoms with E-state index in [0.717, 1.165) is 36.5 Å². The van der Waals surface area contributed by atoms with Gasteiger partial charge < -0.3 is 19.6 Å². The number of aryl methyl sites for hydroxylation is 1. The van der Waals surface area contributed by atoms with Gasteiger partial charge in [-0.1, -0.05) is 30.3 Å². The molecule has 0 radical (unpaired) electrons. The van der Waals surface area contributed by atoms with Gasteiger partial charge in [0, 0.05) is 37.0 Å². The number of nitrogens with one attached hydrogen (secondary N) is 2. The lowest BCUT2D eigenvalue weighted by Crippen LogP contribution is -2.52. The first-order valence-corrected chi connectivity index (χ1v) is 12.6. The van der Waals surface area contributed by atoms with E-state index in [-0.39, 0.29) is 24.3 Å². The first kappa shape index (κ1) is 23.7. The highest BCUT2D eigenvalue weighted by molar-refractivity contribution is 7.15. The molecule has 3 aromatic rings. The second-order valence-corrected chi connectivity index (χ2v) is 9.88. The smallest absolute Gasteiger partial charge is 0.293 e. The SMILES string of the molecule is O=C(Nc1nc2c(s1)CC(NC(=O)C1CN(Cc3ccccc3)CCO1)CC2)c1ccc(CO)o1. The number of carbonyl (C=O) groups excluding carboxylic acids is 2. The predicted octanol–water partition coefficient (Wildman–Crippen LogP) is 2.36. The molecule has 0 spiro atoms. The molecule has 2 aliphatic rings. The Morgan fingerprint density at radius 2 is 2.06 bits per heavy atom. The molecule has 1 saturated heterocycles. The van der Waals surface area contributed by atoms with Crippen LogP contribution in [0.2, 0.25) is 0 Å². The van der Waals surface area contributed by atoms with Gasteiger partial charge in [-0.15, -0.1) is 11.3 Å². The molecule has 35 heavy (non-hydrogen) atoms. The lowest BCUT2D eigenvalue weighted by Gasteiger charge is -2.33. The molecular weight excluding hydrogens is 468 g/mol. The number of fused-ring (bicyclic) bond motifs is 1. The van der Waals surface area contributed by atoms with Crippen molar-refractivity contribution in [3.05, 3.63) is 70.1 Å². The first-order chi connectivity index (χ1) is 17.1. The average molecular weight is 497 g/mol. The lowest BCUT2D eigenvalue weighted by atomic mass is 9.97. The van der Waals surface area contributed by atoms with Crippen LogP contribution in [0.5, 0.6) is 0 Å². The van der Waals surface area contributed by atoms with Crippen molar-refractivity contribution in [2.24, 2.45) is 0 Å². The predicted molar refractivity (Wildman–Crippen MR) is 130 cm³/mol. The van der Waals surface area contributed by atoms with Crippen LogP contribution < -0.4 is 10.6 Å². The normalized spacial score (nSPS) is 20.3. The van der Waals surface area contributed by atoms with Gasteiger partial charge in [-0.25, -0.2) is 4.98 Å². The number of nitrogens with zero attached hydrogens (tertiary/aromatic N) is 2. The van der Waals surface area contributed by atoms with E-state index >= 15 is 0 Å². The van der Waals surface area contributed by atoms with E-state index in [0.29, 0.717) is 30.5 Å². The van der Waals surface area contributed by atoms with Gasteiger partial charge in [0.1, 0.15) is 18.5 Å². The van der Waals surface area contributed by atoms with Gasteiger partial charge >= 0.3 is 0 Å². The molecule has 1 aliphatic heterocycles. The van der Waals surface area contributed by atoms with Crippen LogP contribution in [0.25, 0.3) is 0 Å². The Morgan fingerprint density at radius 1 is 1.20 bits per heavy atom. The van der Waals surface area contributed by atoms with Crippen LogP contribution in [0.4, 0.5) is 5.13 Å². The maximum Gasteiger partial charge on any atom is 0.293 e. The third kappa shape index (κ3) is 5.79. The minimum Gasteiger partial charge on any atom is -0.453 e. The Hall–Kier alpha value is -3.05. The summed E-state index contributed by atoms with van der Waals surface area (Å²) in [5, 5.41) is 15.5. The van der Waals surface area contributed by atoms with Crippen molar-refractivity contribution in [3.8, 4) is 0 Å². The minimum atomic E-state index is -0.484. The topological polar surface area (TPSA) is 117 Å². The molecule has 9 nitrogen and oxygen atoms in total. The Labute approximate surface area is 207 Å². The quantitative estimate of drug-likeness (QED) is 0.460. The minimum absolute atomic E-state index is 0.00397. The van der Waals surface area contributed by atoms with Crippen LogP contribution in [-0.4, -0.2) is 58.6 Å². The van der Waals surface area contributed by atoms with Gasteiger partial charge in [-0.2, -0.15) is 0 Å². The Balaban J connectivity index is 1.14. The highest BCUT2D eigenvalue weighted by atomic mass is 32.1. The number of amides is 2. The van der Waals surface area contributed by atoms with E-state index in [4.69, 9.17) is 14.3 Å². The summed E-state index contributed by atoms with van der Waals surface area (Å²) in [5.74, 6) is -0.0274. The molecule has 2 amide bonds. The van der Waals surface area contributed by atoms with Gasteiger partial charge in [0.2, 0.25) is 0 Å². The number of aliphatic hydroxyl groups is 1. The fourth-order valence-corrected chi connectivity index (χ4v) is 5.52. The molecule has 1 aromatic carbocycles. The largest absolute Gasteiger partial charge is 0.453 e. The first-order valence-electron chi connectivity index (χ1n) is 11.7. The molecule has 0 saturated carbocycles. The number of benzene rings is 1. The summed E-state index contributed by atoms with van der Waals surface area (Å²) in [6, 6.07) is 13.3. The number of thiazole rings is 1.